The molecule has 5 nitrogen and oxygen atoms in total. The molecule has 2 atom stereocenters. The van der Waals surface area contributed by atoms with Crippen LogP contribution in [0.15, 0.2) is 30.5 Å². The van der Waals surface area contributed by atoms with Gasteiger partial charge in [0.25, 0.3) is 5.91 Å². The number of piperidine rings is 1. The summed E-state index contributed by atoms with van der Waals surface area (Å²) in [6.07, 6.45) is 5.34. The van der Waals surface area contributed by atoms with Gasteiger partial charge in [0.1, 0.15) is 5.75 Å². The van der Waals surface area contributed by atoms with E-state index in [2.05, 4.69) is 4.98 Å². The van der Waals surface area contributed by atoms with Crippen molar-refractivity contribution in [3.8, 4) is 16.9 Å². The second-order valence-corrected chi connectivity index (χ2v) is 10.1. The molecule has 7 heteroatoms. The number of benzene rings is 1. The Morgan fingerprint density at radius 3 is 2.87 bits per heavy atom. The summed E-state index contributed by atoms with van der Waals surface area (Å²) >= 11 is 8.12. The summed E-state index contributed by atoms with van der Waals surface area (Å²) in [7, 11) is 0. The van der Waals surface area contributed by atoms with E-state index in [1.165, 1.54) is 6.42 Å². The fraction of sp³-hybridized carbons (Fsp3) is 0.417. The third kappa shape index (κ3) is 4.04. The number of amides is 1. The van der Waals surface area contributed by atoms with Crippen LogP contribution in [0.25, 0.3) is 21.3 Å². The van der Waals surface area contributed by atoms with Crippen molar-refractivity contribution in [3.63, 3.8) is 0 Å². The van der Waals surface area contributed by atoms with Crippen LogP contribution in [0.4, 0.5) is 0 Å². The fourth-order valence-corrected chi connectivity index (χ4v) is 6.07. The quantitative estimate of drug-likeness (QED) is 0.609. The van der Waals surface area contributed by atoms with Crippen LogP contribution in [-0.2, 0) is 17.6 Å². The molecule has 0 spiro atoms. The van der Waals surface area contributed by atoms with Gasteiger partial charge < -0.3 is 14.7 Å². The van der Waals surface area contributed by atoms with Crippen LogP contribution in [0.3, 0.4) is 0 Å². The van der Waals surface area contributed by atoms with Gasteiger partial charge in [-0.3, -0.25) is 9.78 Å². The van der Waals surface area contributed by atoms with Crippen LogP contribution in [0.1, 0.15) is 36.6 Å². The molecule has 2 aliphatic rings. The van der Waals surface area contributed by atoms with Crippen molar-refractivity contribution in [2.24, 2.45) is 0 Å². The molecule has 0 bridgehead atoms. The molecule has 162 valence electrons. The number of rotatable bonds is 4. The van der Waals surface area contributed by atoms with Gasteiger partial charge in [0.2, 0.25) is 0 Å². The predicted octanol–water partition coefficient (Wildman–Crippen LogP) is 4.86. The number of pyridine rings is 1. The maximum Gasteiger partial charge on any atom is 0.263 e. The SMILES string of the molecule is CC(O)Cc1cc2nccc(-c3cc(Cl)cc4c3OC(C(=O)N3CCCCC3)C4)c2s1. The zero-order valence-corrected chi connectivity index (χ0v) is 19.0. The highest BCUT2D eigenvalue weighted by atomic mass is 35.5. The summed E-state index contributed by atoms with van der Waals surface area (Å²) in [6.45, 7) is 3.42. The second-order valence-electron chi connectivity index (χ2n) is 8.48. The van der Waals surface area contributed by atoms with Crippen molar-refractivity contribution in [1.29, 1.82) is 0 Å². The maximum atomic E-state index is 13.1. The average molecular weight is 457 g/mol. The van der Waals surface area contributed by atoms with Crippen LogP contribution in [-0.4, -0.2) is 46.2 Å². The van der Waals surface area contributed by atoms with E-state index in [-0.39, 0.29) is 5.91 Å². The summed E-state index contributed by atoms with van der Waals surface area (Å²) < 4.78 is 7.32. The van der Waals surface area contributed by atoms with Gasteiger partial charge in [-0.05, 0) is 50.5 Å². The number of carbonyl (C=O) groups excluding carboxylic acids is 1. The van der Waals surface area contributed by atoms with Crippen molar-refractivity contribution < 1.29 is 14.6 Å². The van der Waals surface area contributed by atoms with E-state index in [1.54, 1.807) is 24.5 Å². The molecule has 1 aromatic carbocycles. The number of thiophene rings is 1. The Hall–Kier alpha value is -2.15. The molecule has 0 radical (unpaired) electrons. The molecule has 2 aliphatic heterocycles. The number of aliphatic hydroxyl groups is 1. The fourth-order valence-electron chi connectivity index (χ4n) is 4.57. The van der Waals surface area contributed by atoms with Gasteiger partial charge in [-0.2, -0.15) is 0 Å². The number of aromatic nitrogens is 1. The van der Waals surface area contributed by atoms with E-state index < -0.39 is 12.2 Å². The van der Waals surface area contributed by atoms with Gasteiger partial charge in [-0.25, -0.2) is 0 Å². The summed E-state index contributed by atoms with van der Waals surface area (Å²) in [4.78, 5) is 20.6. The number of halogens is 1. The minimum Gasteiger partial charge on any atom is -0.479 e. The van der Waals surface area contributed by atoms with Crippen molar-refractivity contribution in [3.05, 3.63) is 45.9 Å². The second kappa shape index (κ2) is 8.41. The summed E-state index contributed by atoms with van der Waals surface area (Å²) in [6, 6.07) is 7.83. The third-order valence-electron chi connectivity index (χ3n) is 5.99. The third-order valence-corrected chi connectivity index (χ3v) is 7.39. The first-order valence-electron chi connectivity index (χ1n) is 10.8. The highest BCUT2D eigenvalue weighted by Gasteiger charge is 2.35. The van der Waals surface area contributed by atoms with Crippen LogP contribution in [0, 0.1) is 0 Å². The Kier molecular flexibility index (Phi) is 5.63. The minimum atomic E-state index is -0.489. The monoisotopic (exact) mass is 456 g/mol. The molecule has 5 rings (SSSR count). The Balaban J connectivity index is 1.52. The molecule has 0 saturated carbocycles. The predicted molar refractivity (Wildman–Crippen MR) is 124 cm³/mol. The first-order chi connectivity index (χ1) is 15.0. The zero-order chi connectivity index (χ0) is 21.5. The molecule has 3 aromatic rings. The van der Waals surface area contributed by atoms with Crippen molar-refractivity contribution in [1.82, 2.24) is 9.88 Å². The maximum absolute atomic E-state index is 13.1. The van der Waals surface area contributed by atoms with Gasteiger partial charge in [0.05, 0.1) is 16.3 Å². The molecule has 31 heavy (non-hydrogen) atoms. The number of ether oxygens (including phenoxy) is 1. The van der Waals surface area contributed by atoms with E-state index in [9.17, 15) is 9.90 Å². The number of hydrogen-bond acceptors (Lipinski definition) is 5. The molecule has 4 heterocycles. The topological polar surface area (TPSA) is 62.7 Å². The number of hydrogen-bond donors (Lipinski definition) is 1. The lowest BCUT2D eigenvalue weighted by molar-refractivity contribution is -0.138. The van der Waals surface area contributed by atoms with Gasteiger partial charge in [-0.1, -0.05) is 11.6 Å². The number of nitrogens with zero attached hydrogens (tertiary/aromatic N) is 2. The largest absolute Gasteiger partial charge is 0.479 e. The lowest BCUT2D eigenvalue weighted by Crippen LogP contribution is -2.43. The van der Waals surface area contributed by atoms with E-state index in [4.69, 9.17) is 16.3 Å². The lowest BCUT2D eigenvalue weighted by Gasteiger charge is -2.28. The molecule has 1 N–H and O–H groups in total. The van der Waals surface area contributed by atoms with Crippen molar-refractivity contribution in [2.75, 3.05) is 13.1 Å². The van der Waals surface area contributed by atoms with E-state index >= 15 is 0 Å². The molecular formula is C24H25ClN2O3S. The number of likely N-dealkylation sites (tertiary alicyclic amines) is 1. The summed E-state index contributed by atoms with van der Waals surface area (Å²) in [5, 5.41) is 10.4. The normalized spacial score (nSPS) is 19.3. The summed E-state index contributed by atoms with van der Waals surface area (Å²) in [5.74, 6) is 0.825. The van der Waals surface area contributed by atoms with Gasteiger partial charge in [-0.15, -0.1) is 11.3 Å². The highest BCUT2D eigenvalue weighted by molar-refractivity contribution is 7.19. The molecule has 2 unspecified atom stereocenters. The number of carbonyl (C=O) groups is 1. The average Bonchev–Trinajstić information content (AvgIpc) is 3.36. The van der Waals surface area contributed by atoms with Gasteiger partial charge in [0.15, 0.2) is 6.10 Å². The van der Waals surface area contributed by atoms with E-state index in [0.717, 1.165) is 63.5 Å². The first kappa shape index (κ1) is 20.7. The van der Waals surface area contributed by atoms with Crippen LogP contribution < -0.4 is 4.74 Å². The van der Waals surface area contributed by atoms with Gasteiger partial charge in [0, 0.05) is 58.7 Å². The number of fused-ring (bicyclic) bond motifs is 2. The lowest BCUT2D eigenvalue weighted by atomic mass is 10.0. The zero-order valence-electron chi connectivity index (χ0n) is 17.4. The van der Waals surface area contributed by atoms with Crippen LogP contribution in [0.2, 0.25) is 5.02 Å². The molecule has 1 saturated heterocycles. The van der Waals surface area contributed by atoms with Crippen LogP contribution in [0.5, 0.6) is 5.75 Å². The van der Waals surface area contributed by atoms with Crippen molar-refractivity contribution in [2.45, 2.75) is 51.2 Å². The first-order valence-corrected chi connectivity index (χ1v) is 12.0. The molecule has 1 fully saturated rings. The van der Waals surface area contributed by atoms with Gasteiger partial charge >= 0.3 is 0 Å². The Bertz CT molecular complexity index is 1140. The van der Waals surface area contributed by atoms with Crippen molar-refractivity contribution >= 4 is 39.1 Å². The standard InChI is InChI=1S/C24H25ClN2O3S/c1-14(28)9-17-13-20-23(31-17)18(5-6-26-20)19-12-16(25)10-15-11-21(30-22(15)19)24(29)27-7-3-2-4-8-27/h5-6,10,12-14,21,28H,2-4,7-9,11H2,1H3. The summed E-state index contributed by atoms with van der Waals surface area (Å²) in [5.41, 5.74) is 3.76. The molecular weight excluding hydrogens is 432 g/mol. The number of aliphatic hydroxyl groups excluding tert-OH is 1. The minimum absolute atomic E-state index is 0.0770. The molecule has 1 amide bonds. The highest BCUT2D eigenvalue weighted by Crippen LogP contribution is 2.45. The van der Waals surface area contributed by atoms with E-state index in [1.807, 2.05) is 29.2 Å². The van der Waals surface area contributed by atoms with Crippen LogP contribution >= 0.6 is 22.9 Å². The smallest absolute Gasteiger partial charge is 0.263 e. The van der Waals surface area contributed by atoms with E-state index in [0.29, 0.717) is 17.9 Å². The molecule has 2 aromatic heterocycles. The Morgan fingerprint density at radius 1 is 1.29 bits per heavy atom. The molecule has 0 aliphatic carbocycles. The Morgan fingerprint density at radius 2 is 2.10 bits per heavy atom. The Labute approximate surface area is 190 Å².